The molecular weight excluding hydrogens is 452 g/mol. The molecule has 2 saturated heterocycles. The molecule has 0 spiro atoms. The number of nitrogens with zero attached hydrogens (tertiary/aromatic N) is 2. The number of aryl methyl sites for hydroxylation is 1. The molecule has 0 saturated carbocycles. The molecule has 0 aliphatic carbocycles. The van der Waals surface area contributed by atoms with Gasteiger partial charge in [-0.05, 0) is 68.0 Å². The molecule has 2 aliphatic rings. The Kier molecular flexibility index (Phi) is 7.91. The van der Waals surface area contributed by atoms with Crippen LogP contribution in [0.1, 0.15) is 53.6 Å². The standard InChI is InChI=1S/C26H34N2O5S/c1-20-11-12-24(34(30,31)28-13-4-3-5-14-28)17-25(20)26(29)27(19-23-10-7-15-33-23)18-21-8-6-9-22(16-21)32-2/h6,8-9,11-12,16-17,23H,3-5,7,10,13-15,18-19H2,1-2H3. The Labute approximate surface area is 202 Å². The molecule has 1 amide bonds. The lowest BCUT2D eigenvalue weighted by Gasteiger charge is -2.28. The first-order valence-electron chi connectivity index (χ1n) is 12.0. The van der Waals surface area contributed by atoms with E-state index in [-0.39, 0.29) is 16.9 Å². The maximum atomic E-state index is 13.8. The highest BCUT2D eigenvalue weighted by Gasteiger charge is 2.29. The first kappa shape index (κ1) is 24.7. The molecule has 2 aliphatic heterocycles. The van der Waals surface area contributed by atoms with Crippen molar-refractivity contribution in [3.8, 4) is 5.75 Å². The van der Waals surface area contributed by atoms with Crippen molar-refractivity contribution in [2.75, 3.05) is 33.4 Å². The summed E-state index contributed by atoms with van der Waals surface area (Å²) in [7, 11) is -2.01. The fraction of sp³-hybridized carbons (Fsp3) is 0.500. The van der Waals surface area contributed by atoms with E-state index in [0.29, 0.717) is 38.3 Å². The number of carbonyl (C=O) groups excluding carboxylic acids is 1. The second kappa shape index (κ2) is 10.9. The normalized spacial score (nSPS) is 19.2. The van der Waals surface area contributed by atoms with E-state index in [1.54, 1.807) is 30.2 Å². The minimum Gasteiger partial charge on any atom is -0.497 e. The molecule has 0 aromatic heterocycles. The van der Waals surface area contributed by atoms with Gasteiger partial charge >= 0.3 is 0 Å². The minimum atomic E-state index is -3.63. The van der Waals surface area contributed by atoms with E-state index in [1.807, 2.05) is 31.2 Å². The quantitative estimate of drug-likeness (QED) is 0.564. The lowest BCUT2D eigenvalue weighted by molar-refractivity contribution is 0.0506. The van der Waals surface area contributed by atoms with Crippen molar-refractivity contribution in [3.63, 3.8) is 0 Å². The van der Waals surface area contributed by atoms with Gasteiger partial charge in [-0.1, -0.05) is 24.6 Å². The van der Waals surface area contributed by atoms with Crippen LogP contribution in [0.2, 0.25) is 0 Å². The molecule has 1 atom stereocenters. The second-order valence-electron chi connectivity index (χ2n) is 9.11. The zero-order chi connectivity index (χ0) is 24.1. The number of piperidine rings is 1. The largest absolute Gasteiger partial charge is 0.497 e. The predicted molar refractivity (Wildman–Crippen MR) is 130 cm³/mol. The van der Waals surface area contributed by atoms with E-state index in [2.05, 4.69) is 0 Å². The van der Waals surface area contributed by atoms with Crippen LogP contribution in [0.3, 0.4) is 0 Å². The fourth-order valence-corrected chi connectivity index (χ4v) is 6.21. The molecular formula is C26H34N2O5S. The average molecular weight is 487 g/mol. The van der Waals surface area contributed by atoms with Crippen LogP contribution in [0, 0.1) is 6.92 Å². The third kappa shape index (κ3) is 5.62. The smallest absolute Gasteiger partial charge is 0.254 e. The van der Waals surface area contributed by atoms with Crippen molar-refractivity contribution in [1.82, 2.24) is 9.21 Å². The Hall–Kier alpha value is -2.42. The van der Waals surface area contributed by atoms with Crippen LogP contribution in [-0.2, 0) is 21.3 Å². The van der Waals surface area contributed by atoms with E-state index in [1.165, 1.54) is 4.31 Å². The molecule has 0 N–H and O–H groups in total. The topological polar surface area (TPSA) is 76.1 Å². The molecule has 184 valence electrons. The van der Waals surface area contributed by atoms with E-state index in [4.69, 9.17) is 9.47 Å². The minimum absolute atomic E-state index is 0.0184. The second-order valence-corrected chi connectivity index (χ2v) is 11.1. The molecule has 8 heteroatoms. The Morgan fingerprint density at radius 1 is 1.12 bits per heavy atom. The molecule has 2 aromatic carbocycles. The van der Waals surface area contributed by atoms with Gasteiger partial charge in [-0.15, -0.1) is 0 Å². The highest BCUT2D eigenvalue weighted by Crippen LogP contribution is 2.25. The van der Waals surface area contributed by atoms with Gasteiger partial charge in [-0.3, -0.25) is 4.79 Å². The Balaban J connectivity index is 1.63. The molecule has 0 radical (unpaired) electrons. The molecule has 4 rings (SSSR count). The Morgan fingerprint density at radius 3 is 2.62 bits per heavy atom. The summed E-state index contributed by atoms with van der Waals surface area (Å²) >= 11 is 0. The molecule has 2 aromatic rings. The van der Waals surface area contributed by atoms with Gasteiger partial charge in [0.25, 0.3) is 5.91 Å². The van der Waals surface area contributed by atoms with Crippen LogP contribution < -0.4 is 4.74 Å². The molecule has 2 fully saturated rings. The molecule has 34 heavy (non-hydrogen) atoms. The summed E-state index contributed by atoms with van der Waals surface area (Å²) in [4.78, 5) is 15.7. The van der Waals surface area contributed by atoms with Crippen molar-refractivity contribution < 1.29 is 22.7 Å². The maximum Gasteiger partial charge on any atom is 0.254 e. The monoisotopic (exact) mass is 486 g/mol. The van der Waals surface area contributed by atoms with Crippen LogP contribution in [0.4, 0.5) is 0 Å². The molecule has 0 bridgehead atoms. The summed E-state index contributed by atoms with van der Waals surface area (Å²) < 4.78 is 39.2. The van der Waals surface area contributed by atoms with Crippen molar-refractivity contribution in [2.24, 2.45) is 0 Å². The highest BCUT2D eigenvalue weighted by molar-refractivity contribution is 7.89. The Morgan fingerprint density at radius 2 is 1.91 bits per heavy atom. The van der Waals surface area contributed by atoms with Gasteiger partial charge in [-0.25, -0.2) is 8.42 Å². The number of amides is 1. The molecule has 2 heterocycles. The SMILES string of the molecule is COc1cccc(CN(CC2CCCO2)C(=O)c2cc(S(=O)(=O)N3CCCCC3)ccc2C)c1. The van der Waals surface area contributed by atoms with Crippen molar-refractivity contribution in [2.45, 2.75) is 56.6 Å². The van der Waals surface area contributed by atoms with E-state index < -0.39 is 10.0 Å². The zero-order valence-corrected chi connectivity index (χ0v) is 20.9. The first-order valence-corrected chi connectivity index (χ1v) is 13.5. The molecule has 7 nitrogen and oxygen atoms in total. The van der Waals surface area contributed by atoms with Crippen molar-refractivity contribution >= 4 is 15.9 Å². The molecule has 1 unspecified atom stereocenters. The summed E-state index contributed by atoms with van der Waals surface area (Å²) in [5.41, 5.74) is 2.12. The van der Waals surface area contributed by atoms with Gasteiger partial charge in [0.1, 0.15) is 5.75 Å². The van der Waals surface area contributed by atoms with Crippen LogP contribution >= 0.6 is 0 Å². The van der Waals surface area contributed by atoms with E-state index >= 15 is 0 Å². The van der Waals surface area contributed by atoms with Crippen LogP contribution in [0.25, 0.3) is 0 Å². The number of ether oxygens (including phenoxy) is 2. The highest BCUT2D eigenvalue weighted by atomic mass is 32.2. The van der Waals surface area contributed by atoms with Gasteiger partial charge in [0, 0.05) is 38.3 Å². The summed E-state index contributed by atoms with van der Waals surface area (Å²) in [6, 6.07) is 12.6. The number of hydrogen-bond acceptors (Lipinski definition) is 5. The fourth-order valence-electron chi connectivity index (χ4n) is 4.66. The summed E-state index contributed by atoms with van der Waals surface area (Å²) in [6.45, 7) is 4.45. The third-order valence-corrected chi connectivity index (χ3v) is 8.53. The van der Waals surface area contributed by atoms with E-state index in [9.17, 15) is 13.2 Å². The number of methoxy groups -OCH3 is 1. The maximum absolute atomic E-state index is 13.8. The summed E-state index contributed by atoms with van der Waals surface area (Å²) in [5.74, 6) is 0.541. The van der Waals surface area contributed by atoms with Gasteiger partial charge in [-0.2, -0.15) is 4.31 Å². The lowest BCUT2D eigenvalue weighted by atomic mass is 10.1. The van der Waals surface area contributed by atoms with Gasteiger partial charge in [0.2, 0.25) is 10.0 Å². The van der Waals surface area contributed by atoms with Crippen LogP contribution in [0.5, 0.6) is 5.75 Å². The van der Waals surface area contributed by atoms with E-state index in [0.717, 1.165) is 49.0 Å². The first-order chi connectivity index (χ1) is 16.4. The zero-order valence-electron chi connectivity index (χ0n) is 20.0. The number of benzene rings is 2. The van der Waals surface area contributed by atoms with Gasteiger partial charge in [0.05, 0.1) is 18.1 Å². The number of sulfonamides is 1. The van der Waals surface area contributed by atoms with Gasteiger partial charge < -0.3 is 14.4 Å². The average Bonchev–Trinajstić information content (AvgIpc) is 3.37. The number of hydrogen-bond donors (Lipinski definition) is 0. The summed E-state index contributed by atoms with van der Waals surface area (Å²) in [6.07, 6.45) is 4.65. The Bertz CT molecular complexity index is 1110. The van der Waals surface area contributed by atoms with Crippen molar-refractivity contribution in [1.29, 1.82) is 0 Å². The van der Waals surface area contributed by atoms with Crippen LogP contribution in [0.15, 0.2) is 47.4 Å². The lowest BCUT2D eigenvalue weighted by Crippen LogP contribution is -2.38. The number of carbonyl (C=O) groups is 1. The number of rotatable bonds is 8. The van der Waals surface area contributed by atoms with Crippen molar-refractivity contribution in [3.05, 3.63) is 59.2 Å². The van der Waals surface area contributed by atoms with Crippen LogP contribution in [-0.4, -0.2) is 63.0 Å². The van der Waals surface area contributed by atoms with Gasteiger partial charge in [0.15, 0.2) is 0 Å². The third-order valence-electron chi connectivity index (χ3n) is 6.64. The predicted octanol–water partition coefficient (Wildman–Crippen LogP) is 4.00. The summed E-state index contributed by atoms with van der Waals surface area (Å²) in [5, 5.41) is 0.